The van der Waals surface area contributed by atoms with Gasteiger partial charge in [0.2, 0.25) is 11.8 Å². The Hall–Kier alpha value is -2.09. The average Bonchev–Trinajstić information content (AvgIpc) is 3.07. The van der Waals surface area contributed by atoms with Crippen LogP contribution >= 0.6 is 11.6 Å². The zero-order valence-corrected chi connectivity index (χ0v) is 22.4. The lowest BCUT2D eigenvalue weighted by Crippen LogP contribution is -2.46. The summed E-state index contributed by atoms with van der Waals surface area (Å²) in [4.78, 5) is 28.0. The SMILES string of the molecule is CCCN1C(=O)[C@@H]2[C@@H](CC(C(C)C)=C3[C@@H](CC/C(=C/c4ccc(O)cc4Cl)CC)OB(O)C[C@@H]32)C1=O. The Kier molecular flexibility index (Phi) is 8.33. The van der Waals surface area contributed by atoms with Gasteiger partial charge in [0.15, 0.2) is 0 Å². The van der Waals surface area contributed by atoms with E-state index in [1.807, 2.05) is 6.92 Å². The number of likely N-dealkylation sites (tertiary alicyclic amines) is 1. The highest BCUT2D eigenvalue weighted by molar-refractivity contribution is 6.43. The zero-order chi connectivity index (χ0) is 26.1. The largest absolute Gasteiger partial charge is 0.508 e. The Morgan fingerprint density at radius 2 is 2.00 bits per heavy atom. The first-order valence-electron chi connectivity index (χ1n) is 13.3. The fourth-order valence-corrected chi connectivity index (χ4v) is 6.51. The molecule has 0 spiro atoms. The Balaban J connectivity index is 1.63. The van der Waals surface area contributed by atoms with Crippen LogP contribution < -0.4 is 0 Å². The number of benzene rings is 1. The molecule has 0 radical (unpaired) electrons. The lowest BCUT2D eigenvalue weighted by molar-refractivity contribution is -0.140. The van der Waals surface area contributed by atoms with Gasteiger partial charge in [0.1, 0.15) is 5.75 Å². The minimum absolute atomic E-state index is 0.0523. The molecule has 2 saturated heterocycles. The van der Waals surface area contributed by atoms with E-state index >= 15 is 0 Å². The summed E-state index contributed by atoms with van der Waals surface area (Å²) < 4.78 is 6.11. The van der Waals surface area contributed by atoms with E-state index in [1.54, 1.807) is 12.1 Å². The monoisotopic (exact) mass is 513 g/mol. The van der Waals surface area contributed by atoms with Gasteiger partial charge in [-0.15, -0.1) is 0 Å². The van der Waals surface area contributed by atoms with Gasteiger partial charge < -0.3 is 14.8 Å². The number of hydrogen-bond donors (Lipinski definition) is 2. The molecule has 1 aromatic rings. The molecule has 2 fully saturated rings. The molecule has 4 rings (SSSR count). The summed E-state index contributed by atoms with van der Waals surface area (Å²) in [6, 6.07) is 4.96. The normalized spacial score (nSPS) is 26.7. The van der Waals surface area contributed by atoms with Crippen LogP contribution in [0.1, 0.15) is 65.4 Å². The van der Waals surface area contributed by atoms with Crippen molar-refractivity contribution in [3.05, 3.63) is 45.5 Å². The second kappa shape index (κ2) is 11.1. The number of phenolic OH excluding ortho intramolecular Hbond substituents is 1. The summed E-state index contributed by atoms with van der Waals surface area (Å²) in [7, 11) is -0.959. The quantitative estimate of drug-likeness (QED) is 0.273. The van der Waals surface area contributed by atoms with E-state index in [0.717, 1.165) is 30.4 Å². The van der Waals surface area contributed by atoms with Crippen molar-refractivity contribution in [2.75, 3.05) is 6.54 Å². The molecule has 194 valence electrons. The molecule has 2 aliphatic heterocycles. The van der Waals surface area contributed by atoms with Crippen LogP contribution in [-0.2, 0) is 14.2 Å². The van der Waals surface area contributed by atoms with Crippen molar-refractivity contribution < 1.29 is 24.4 Å². The molecule has 4 atom stereocenters. The summed E-state index contributed by atoms with van der Waals surface area (Å²) in [6.07, 6.45) is 5.68. The fraction of sp³-hybridized carbons (Fsp3) is 0.571. The number of nitrogens with zero attached hydrogens (tertiary/aromatic N) is 1. The number of phenols is 1. The van der Waals surface area contributed by atoms with Crippen LogP contribution in [0, 0.1) is 23.7 Å². The Morgan fingerprint density at radius 1 is 1.25 bits per heavy atom. The first kappa shape index (κ1) is 27.0. The van der Waals surface area contributed by atoms with Crippen molar-refractivity contribution >= 4 is 36.6 Å². The standard InChI is InChI=1S/C28H37BClNO5/c1-5-11-31-27(33)21-14-20(16(3)4)25-22(26(21)28(31)34)15-29(35)36-24(25)10-7-17(6-2)12-18-8-9-19(32)13-23(18)30/h8-9,12-13,16,21-22,24,26,32,35H,5-7,10-11,14-15H2,1-4H3/b17-12+/t21-,22+,24-,26-/m1/s1. The van der Waals surface area contributed by atoms with E-state index in [1.165, 1.54) is 22.1 Å². The third kappa shape index (κ3) is 5.16. The number of imide groups is 1. The van der Waals surface area contributed by atoms with Crippen LogP contribution in [0.2, 0.25) is 11.3 Å². The van der Waals surface area contributed by atoms with Gasteiger partial charge in [-0.05, 0) is 79.6 Å². The molecule has 1 aliphatic carbocycles. The third-order valence-electron chi connectivity index (χ3n) is 8.00. The van der Waals surface area contributed by atoms with Crippen LogP contribution in [0.5, 0.6) is 5.75 Å². The topological polar surface area (TPSA) is 87.1 Å². The second-order valence-corrected chi connectivity index (χ2v) is 11.0. The van der Waals surface area contributed by atoms with Gasteiger partial charge in [-0.3, -0.25) is 14.5 Å². The molecule has 0 saturated carbocycles. The smallest absolute Gasteiger partial charge is 0.455 e. The predicted molar refractivity (Wildman–Crippen MR) is 142 cm³/mol. The molecule has 0 aromatic heterocycles. The molecule has 8 heteroatoms. The van der Waals surface area contributed by atoms with Crippen molar-refractivity contribution in [2.24, 2.45) is 23.7 Å². The van der Waals surface area contributed by atoms with Crippen LogP contribution in [0.25, 0.3) is 6.08 Å². The molecule has 6 nitrogen and oxygen atoms in total. The summed E-state index contributed by atoms with van der Waals surface area (Å²) >= 11 is 6.32. The fourth-order valence-electron chi connectivity index (χ4n) is 6.28. The highest BCUT2D eigenvalue weighted by atomic mass is 35.5. The average molecular weight is 514 g/mol. The molecule has 0 bridgehead atoms. The highest BCUT2D eigenvalue weighted by Gasteiger charge is 2.57. The lowest BCUT2D eigenvalue weighted by Gasteiger charge is -2.44. The first-order chi connectivity index (χ1) is 17.2. The van der Waals surface area contributed by atoms with Crippen molar-refractivity contribution in [2.45, 2.75) is 72.2 Å². The molecule has 1 aromatic carbocycles. The number of halogens is 1. The number of aromatic hydroxyl groups is 1. The maximum atomic E-state index is 13.4. The maximum absolute atomic E-state index is 13.4. The number of rotatable bonds is 8. The van der Waals surface area contributed by atoms with E-state index in [2.05, 4.69) is 26.8 Å². The Labute approximate surface area is 219 Å². The molecule has 2 N–H and O–H groups in total. The van der Waals surface area contributed by atoms with Gasteiger partial charge in [0, 0.05) is 6.54 Å². The van der Waals surface area contributed by atoms with Gasteiger partial charge in [0.25, 0.3) is 0 Å². The van der Waals surface area contributed by atoms with Crippen LogP contribution in [0.4, 0.5) is 0 Å². The lowest BCUT2D eigenvalue weighted by atomic mass is 9.57. The minimum atomic E-state index is -0.959. The summed E-state index contributed by atoms with van der Waals surface area (Å²) in [6.45, 7) is 8.80. The molecular formula is C28H37BClNO5. The highest BCUT2D eigenvalue weighted by Crippen LogP contribution is 2.52. The first-order valence-corrected chi connectivity index (χ1v) is 13.6. The van der Waals surface area contributed by atoms with Crippen molar-refractivity contribution in [1.29, 1.82) is 0 Å². The second-order valence-electron chi connectivity index (χ2n) is 10.6. The summed E-state index contributed by atoms with van der Waals surface area (Å²) in [5.41, 5.74) is 4.38. The van der Waals surface area contributed by atoms with E-state index in [-0.39, 0.29) is 41.4 Å². The van der Waals surface area contributed by atoms with Gasteiger partial charge in [-0.2, -0.15) is 0 Å². The van der Waals surface area contributed by atoms with E-state index < -0.39 is 13.0 Å². The molecule has 36 heavy (non-hydrogen) atoms. The zero-order valence-electron chi connectivity index (χ0n) is 21.7. The van der Waals surface area contributed by atoms with Crippen molar-refractivity contribution in [3.8, 4) is 5.75 Å². The third-order valence-corrected chi connectivity index (χ3v) is 8.33. The minimum Gasteiger partial charge on any atom is -0.508 e. The molecule has 3 aliphatic rings. The van der Waals surface area contributed by atoms with E-state index in [4.69, 9.17) is 16.3 Å². The predicted octanol–water partition coefficient (Wildman–Crippen LogP) is 5.48. The number of carbonyl (C=O) groups is 2. The number of hydrogen-bond acceptors (Lipinski definition) is 5. The maximum Gasteiger partial charge on any atom is 0.455 e. The number of carbonyl (C=O) groups excluding carboxylic acids is 2. The van der Waals surface area contributed by atoms with Crippen molar-refractivity contribution in [1.82, 2.24) is 4.90 Å². The van der Waals surface area contributed by atoms with Crippen LogP contribution in [0.15, 0.2) is 34.9 Å². The van der Waals surface area contributed by atoms with Gasteiger partial charge in [0.05, 0.1) is 23.0 Å². The Bertz CT molecular complexity index is 1080. The van der Waals surface area contributed by atoms with Gasteiger partial charge in [-0.25, -0.2) is 0 Å². The molecular weight excluding hydrogens is 477 g/mol. The van der Waals surface area contributed by atoms with E-state index in [9.17, 15) is 19.7 Å². The number of allylic oxidation sites excluding steroid dienone is 2. The van der Waals surface area contributed by atoms with Gasteiger partial charge >= 0.3 is 7.12 Å². The molecule has 0 unspecified atom stereocenters. The van der Waals surface area contributed by atoms with E-state index in [0.29, 0.717) is 30.7 Å². The summed E-state index contributed by atoms with van der Waals surface area (Å²) in [5, 5.41) is 20.8. The Morgan fingerprint density at radius 3 is 2.64 bits per heavy atom. The van der Waals surface area contributed by atoms with Gasteiger partial charge in [-0.1, -0.05) is 56.5 Å². The molecule has 2 amide bonds. The van der Waals surface area contributed by atoms with Crippen LogP contribution in [0.3, 0.4) is 0 Å². The van der Waals surface area contributed by atoms with Crippen LogP contribution in [-0.4, -0.2) is 46.6 Å². The number of fused-ring (bicyclic) bond motifs is 3. The van der Waals surface area contributed by atoms with Crippen molar-refractivity contribution in [3.63, 3.8) is 0 Å². The molecule has 2 heterocycles. The number of amides is 2. The summed E-state index contributed by atoms with van der Waals surface area (Å²) in [5.74, 6) is -0.682.